The summed E-state index contributed by atoms with van der Waals surface area (Å²) in [4.78, 5) is 13.7. The van der Waals surface area contributed by atoms with Crippen LogP contribution in [0.15, 0.2) is 0 Å². The van der Waals surface area contributed by atoms with Gasteiger partial charge in [-0.05, 0) is 40.0 Å². The summed E-state index contributed by atoms with van der Waals surface area (Å²) < 4.78 is 5.38. The van der Waals surface area contributed by atoms with E-state index >= 15 is 0 Å². The van der Waals surface area contributed by atoms with E-state index in [-0.39, 0.29) is 12.1 Å². The number of nitrogens with zero attached hydrogens (tertiary/aromatic N) is 2. The highest BCUT2D eigenvalue weighted by Crippen LogP contribution is 2.16. The Kier molecular flexibility index (Phi) is 6.28. The summed E-state index contributed by atoms with van der Waals surface area (Å²) in [5.41, 5.74) is -0.438. The molecule has 1 fully saturated rings. The van der Waals surface area contributed by atoms with E-state index in [9.17, 15) is 4.79 Å². The van der Waals surface area contributed by atoms with Crippen LogP contribution in [0.2, 0.25) is 0 Å². The van der Waals surface area contributed by atoms with Crippen molar-refractivity contribution in [3.05, 3.63) is 0 Å². The second-order valence-corrected chi connectivity index (χ2v) is 6.38. The number of ether oxygens (including phenoxy) is 1. The third kappa shape index (κ3) is 5.79. The van der Waals surface area contributed by atoms with Crippen LogP contribution in [-0.2, 0) is 4.74 Å². The van der Waals surface area contributed by atoms with Gasteiger partial charge in [-0.3, -0.25) is 0 Å². The lowest BCUT2D eigenvalue weighted by Gasteiger charge is -2.35. The van der Waals surface area contributed by atoms with E-state index in [1.54, 1.807) is 4.90 Å². The predicted octanol–water partition coefficient (Wildman–Crippen LogP) is 2.67. The lowest BCUT2D eigenvalue weighted by atomic mass is 10.0. The van der Waals surface area contributed by atoms with Crippen molar-refractivity contribution in [2.24, 2.45) is 0 Å². The standard InChI is InChI=1S/C15H27N3O2/c1-5-12(6-9-16)17-13-7-10-18(11-8-13)14(19)20-15(2,3)4/h12-13,17H,5-8,10-11H2,1-4H3. The Morgan fingerprint density at radius 1 is 1.45 bits per heavy atom. The monoisotopic (exact) mass is 281 g/mol. The fourth-order valence-electron chi connectivity index (χ4n) is 2.32. The summed E-state index contributed by atoms with van der Waals surface area (Å²) in [6.07, 6.45) is 3.12. The second-order valence-electron chi connectivity index (χ2n) is 6.38. The Morgan fingerprint density at radius 2 is 2.05 bits per heavy atom. The molecule has 114 valence electrons. The zero-order chi connectivity index (χ0) is 15.2. The molecule has 5 heteroatoms. The number of hydrogen-bond acceptors (Lipinski definition) is 4. The molecule has 20 heavy (non-hydrogen) atoms. The summed E-state index contributed by atoms with van der Waals surface area (Å²) in [5, 5.41) is 12.3. The van der Waals surface area contributed by atoms with Gasteiger partial charge >= 0.3 is 6.09 Å². The molecular weight excluding hydrogens is 254 g/mol. The maximum atomic E-state index is 11.9. The van der Waals surface area contributed by atoms with Gasteiger partial charge in [0.15, 0.2) is 0 Å². The first-order valence-electron chi connectivity index (χ1n) is 7.46. The molecule has 1 amide bonds. The van der Waals surface area contributed by atoms with Crippen LogP contribution in [0.3, 0.4) is 0 Å². The van der Waals surface area contributed by atoms with Crippen LogP contribution in [0.5, 0.6) is 0 Å². The number of nitriles is 1. The van der Waals surface area contributed by atoms with Crippen molar-refractivity contribution in [1.82, 2.24) is 10.2 Å². The van der Waals surface area contributed by atoms with Gasteiger partial charge < -0.3 is 15.0 Å². The maximum absolute atomic E-state index is 11.9. The third-order valence-electron chi connectivity index (χ3n) is 3.45. The van der Waals surface area contributed by atoms with Crippen LogP contribution < -0.4 is 5.32 Å². The summed E-state index contributed by atoms with van der Waals surface area (Å²) >= 11 is 0. The van der Waals surface area contributed by atoms with Gasteiger partial charge in [-0.1, -0.05) is 6.92 Å². The number of carbonyl (C=O) groups is 1. The van der Waals surface area contributed by atoms with Crippen molar-refractivity contribution >= 4 is 6.09 Å². The SMILES string of the molecule is CCC(CC#N)NC1CCN(C(=O)OC(C)(C)C)CC1. The number of carbonyl (C=O) groups excluding carboxylic acids is 1. The van der Waals surface area contributed by atoms with E-state index in [2.05, 4.69) is 18.3 Å². The zero-order valence-corrected chi connectivity index (χ0v) is 13.1. The topological polar surface area (TPSA) is 65.4 Å². The Balaban J connectivity index is 2.36. The van der Waals surface area contributed by atoms with E-state index in [4.69, 9.17) is 10.00 Å². The molecule has 1 aliphatic heterocycles. The van der Waals surface area contributed by atoms with Crippen LogP contribution in [0.4, 0.5) is 4.79 Å². The van der Waals surface area contributed by atoms with Gasteiger partial charge in [0.2, 0.25) is 0 Å². The molecule has 0 spiro atoms. The highest BCUT2D eigenvalue weighted by molar-refractivity contribution is 5.68. The molecule has 1 aliphatic rings. The van der Waals surface area contributed by atoms with Gasteiger partial charge in [0.25, 0.3) is 0 Å². The van der Waals surface area contributed by atoms with Gasteiger partial charge in [0, 0.05) is 25.2 Å². The van der Waals surface area contributed by atoms with Gasteiger partial charge in [0.1, 0.15) is 5.60 Å². The minimum Gasteiger partial charge on any atom is -0.444 e. The Hall–Kier alpha value is -1.28. The summed E-state index contributed by atoms with van der Waals surface area (Å²) in [5.74, 6) is 0. The van der Waals surface area contributed by atoms with Crippen LogP contribution in [0.1, 0.15) is 53.4 Å². The van der Waals surface area contributed by atoms with Crippen molar-refractivity contribution in [3.63, 3.8) is 0 Å². The molecule has 0 aliphatic carbocycles. The van der Waals surface area contributed by atoms with Crippen molar-refractivity contribution in [3.8, 4) is 6.07 Å². The lowest BCUT2D eigenvalue weighted by Crippen LogP contribution is -2.48. The first-order chi connectivity index (χ1) is 9.35. The molecule has 1 atom stereocenters. The van der Waals surface area contributed by atoms with E-state index < -0.39 is 5.60 Å². The highest BCUT2D eigenvalue weighted by atomic mass is 16.6. The van der Waals surface area contributed by atoms with E-state index in [0.29, 0.717) is 12.5 Å². The van der Waals surface area contributed by atoms with E-state index in [1.807, 2.05) is 20.8 Å². The van der Waals surface area contributed by atoms with E-state index in [1.165, 1.54) is 0 Å². The van der Waals surface area contributed by atoms with Gasteiger partial charge in [-0.15, -0.1) is 0 Å². The smallest absolute Gasteiger partial charge is 0.410 e. The number of hydrogen-bond donors (Lipinski definition) is 1. The zero-order valence-electron chi connectivity index (χ0n) is 13.1. The molecule has 0 aromatic carbocycles. The molecule has 5 nitrogen and oxygen atoms in total. The van der Waals surface area contributed by atoms with Gasteiger partial charge in [0.05, 0.1) is 12.5 Å². The van der Waals surface area contributed by atoms with Crippen molar-refractivity contribution in [1.29, 1.82) is 5.26 Å². The minimum atomic E-state index is -0.438. The van der Waals surface area contributed by atoms with Crippen LogP contribution in [0, 0.1) is 11.3 Å². The normalized spacial score (nSPS) is 18.4. The average Bonchev–Trinajstić information content (AvgIpc) is 2.37. The predicted molar refractivity (Wildman–Crippen MR) is 78.3 cm³/mol. The molecular formula is C15H27N3O2. The largest absolute Gasteiger partial charge is 0.444 e. The lowest BCUT2D eigenvalue weighted by molar-refractivity contribution is 0.0196. The first kappa shape index (κ1) is 16.8. The number of piperidine rings is 1. The molecule has 0 saturated carbocycles. The third-order valence-corrected chi connectivity index (χ3v) is 3.45. The average molecular weight is 281 g/mol. The summed E-state index contributed by atoms with van der Waals surface area (Å²) in [7, 11) is 0. The molecule has 1 unspecified atom stereocenters. The van der Waals surface area contributed by atoms with Crippen LogP contribution >= 0.6 is 0 Å². The molecule has 1 heterocycles. The van der Waals surface area contributed by atoms with Gasteiger partial charge in [-0.2, -0.15) is 5.26 Å². The molecule has 0 aromatic rings. The second kappa shape index (κ2) is 7.49. The summed E-state index contributed by atoms with van der Waals surface area (Å²) in [6, 6.07) is 2.87. The van der Waals surface area contributed by atoms with Crippen molar-refractivity contribution < 1.29 is 9.53 Å². The highest BCUT2D eigenvalue weighted by Gasteiger charge is 2.27. The fourth-order valence-corrected chi connectivity index (χ4v) is 2.32. The molecule has 1 saturated heterocycles. The maximum Gasteiger partial charge on any atom is 0.410 e. The van der Waals surface area contributed by atoms with Gasteiger partial charge in [-0.25, -0.2) is 4.79 Å². The van der Waals surface area contributed by atoms with Crippen molar-refractivity contribution in [2.45, 2.75) is 71.1 Å². The molecule has 0 aromatic heterocycles. The number of nitrogens with one attached hydrogen (secondary N) is 1. The number of rotatable bonds is 4. The quantitative estimate of drug-likeness (QED) is 0.860. The van der Waals surface area contributed by atoms with Crippen molar-refractivity contribution in [2.75, 3.05) is 13.1 Å². The van der Waals surface area contributed by atoms with Crippen LogP contribution in [-0.4, -0.2) is 41.8 Å². The Labute approximate surface area is 122 Å². The number of amides is 1. The fraction of sp³-hybridized carbons (Fsp3) is 0.867. The minimum absolute atomic E-state index is 0.222. The summed E-state index contributed by atoms with van der Waals surface area (Å²) in [6.45, 7) is 9.17. The first-order valence-corrected chi connectivity index (χ1v) is 7.46. The Morgan fingerprint density at radius 3 is 2.50 bits per heavy atom. The van der Waals surface area contributed by atoms with E-state index in [0.717, 1.165) is 32.4 Å². The molecule has 1 rings (SSSR count). The molecule has 1 N–H and O–H groups in total. The van der Waals surface area contributed by atoms with Crippen LogP contribution in [0.25, 0.3) is 0 Å². The Bertz CT molecular complexity index is 349. The molecule has 0 bridgehead atoms. The molecule has 0 radical (unpaired) electrons. The number of likely N-dealkylation sites (tertiary alicyclic amines) is 1.